The van der Waals surface area contributed by atoms with Crippen molar-refractivity contribution in [1.82, 2.24) is 0 Å². The zero-order valence-electron chi connectivity index (χ0n) is 7.90. The average molecular weight is 227 g/mol. The number of hydrogen-bond acceptors (Lipinski definition) is 3. The quantitative estimate of drug-likeness (QED) is 0.789. The lowest BCUT2D eigenvalue weighted by atomic mass is 10.2. The number of furan rings is 1. The largest absolute Gasteiger partial charge is 0.464 e. The molecule has 0 unspecified atom stereocenters. The van der Waals surface area contributed by atoms with Gasteiger partial charge in [0, 0.05) is 23.3 Å². The van der Waals surface area contributed by atoms with E-state index in [1.165, 1.54) is 24.5 Å². The Balaban J connectivity index is 2.55. The Morgan fingerprint density at radius 3 is 2.80 bits per heavy atom. The van der Waals surface area contributed by atoms with Gasteiger partial charge in [-0.2, -0.15) is 0 Å². The molecule has 15 heavy (non-hydrogen) atoms. The van der Waals surface area contributed by atoms with Crippen LogP contribution in [-0.4, -0.2) is 14.7 Å². The van der Waals surface area contributed by atoms with Crippen LogP contribution in [0.4, 0.5) is 4.39 Å². The molecule has 0 saturated carbocycles. The Labute approximate surface area is 86.4 Å². The SMILES string of the molecule is CS(=O)(=O)[CH]c1coc2cc(F)ccc12. The molecule has 0 fully saturated rings. The van der Waals surface area contributed by atoms with E-state index in [4.69, 9.17) is 4.42 Å². The average Bonchev–Trinajstić information content (AvgIpc) is 2.45. The van der Waals surface area contributed by atoms with E-state index in [1.807, 2.05) is 0 Å². The number of sulfone groups is 1. The number of halogens is 1. The summed E-state index contributed by atoms with van der Waals surface area (Å²) in [6.45, 7) is 0. The van der Waals surface area contributed by atoms with Crippen LogP contribution in [0.2, 0.25) is 0 Å². The van der Waals surface area contributed by atoms with Gasteiger partial charge in [-0.05, 0) is 12.1 Å². The van der Waals surface area contributed by atoms with Crippen molar-refractivity contribution in [1.29, 1.82) is 0 Å². The van der Waals surface area contributed by atoms with Gasteiger partial charge in [0.05, 0.1) is 6.26 Å². The Bertz CT molecular complexity index is 598. The lowest BCUT2D eigenvalue weighted by molar-refractivity contribution is 0.595. The van der Waals surface area contributed by atoms with Crippen molar-refractivity contribution in [3.63, 3.8) is 0 Å². The van der Waals surface area contributed by atoms with Crippen molar-refractivity contribution in [2.24, 2.45) is 0 Å². The molecule has 0 aliphatic carbocycles. The summed E-state index contributed by atoms with van der Waals surface area (Å²) in [6.07, 6.45) is 2.39. The summed E-state index contributed by atoms with van der Waals surface area (Å²) in [5, 5.41) is 0.585. The van der Waals surface area contributed by atoms with Gasteiger partial charge in [0.15, 0.2) is 9.84 Å². The first kappa shape index (κ1) is 10.2. The van der Waals surface area contributed by atoms with E-state index in [0.717, 1.165) is 12.0 Å². The van der Waals surface area contributed by atoms with E-state index in [-0.39, 0.29) is 0 Å². The van der Waals surface area contributed by atoms with Crippen LogP contribution >= 0.6 is 0 Å². The highest BCUT2D eigenvalue weighted by atomic mass is 32.2. The van der Waals surface area contributed by atoms with Crippen LogP contribution < -0.4 is 0 Å². The third kappa shape index (κ3) is 2.18. The van der Waals surface area contributed by atoms with Crippen LogP contribution in [0.3, 0.4) is 0 Å². The maximum Gasteiger partial charge on any atom is 0.156 e. The van der Waals surface area contributed by atoms with Crippen molar-refractivity contribution in [3.05, 3.63) is 41.6 Å². The van der Waals surface area contributed by atoms with Crippen molar-refractivity contribution >= 4 is 20.8 Å². The molecule has 0 saturated heterocycles. The minimum absolute atomic E-state index is 0.338. The van der Waals surface area contributed by atoms with Gasteiger partial charge in [-0.15, -0.1) is 0 Å². The molecule has 1 radical (unpaired) electrons. The van der Waals surface area contributed by atoms with E-state index < -0.39 is 15.7 Å². The summed E-state index contributed by atoms with van der Waals surface area (Å²) in [5.41, 5.74) is 0.775. The summed E-state index contributed by atoms with van der Waals surface area (Å²) < 4.78 is 39.9. The van der Waals surface area contributed by atoms with E-state index in [0.29, 0.717) is 16.5 Å². The molecular formula is C10H8FO3S. The fraction of sp³-hybridized carbons (Fsp3) is 0.100. The summed E-state index contributed by atoms with van der Waals surface area (Å²) in [7, 11) is -3.23. The first-order chi connectivity index (χ1) is 6.96. The van der Waals surface area contributed by atoms with Gasteiger partial charge in [-0.3, -0.25) is 0 Å². The first-order valence-corrected chi connectivity index (χ1v) is 6.13. The minimum atomic E-state index is -3.23. The minimum Gasteiger partial charge on any atom is -0.464 e. The predicted molar refractivity (Wildman–Crippen MR) is 54.4 cm³/mol. The van der Waals surface area contributed by atoms with E-state index >= 15 is 0 Å². The third-order valence-corrected chi connectivity index (χ3v) is 2.59. The Hall–Kier alpha value is -1.36. The van der Waals surface area contributed by atoms with E-state index in [2.05, 4.69) is 0 Å². The molecule has 1 heterocycles. The summed E-state index contributed by atoms with van der Waals surface area (Å²) in [4.78, 5) is 0. The van der Waals surface area contributed by atoms with Gasteiger partial charge in [0.1, 0.15) is 17.2 Å². The van der Waals surface area contributed by atoms with Gasteiger partial charge in [-0.25, -0.2) is 12.8 Å². The van der Waals surface area contributed by atoms with Crippen LogP contribution in [-0.2, 0) is 9.84 Å². The molecule has 5 heteroatoms. The Morgan fingerprint density at radius 2 is 2.13 bits per heavy atom. The molecule has 0 aliphatic rings. The molecule has 3 nitrogen and oxygen atoms in total. The van der Waals surface area contributed by atoms with Crippen LogP contribution in [0, 0.1) is 11.6 Å². The number of fused-ring (bicyclic) bond motifs is 1. The molecule has 0 N–H and O–H groups in total. The Morgan fingerprint density at radius 1 is 1.40 bits per heavy atom. The van der Waals surface area contributed by atoms with E-state index in [1.54, 1.807) is 0 Å². The molecule has 0 spiro atoms. The van der Waals surface area contributed by atoms with Gasteiger partial charge >= 0.3 is 0 Å². The highest BCUT2D eigenvalue weighted by Gasteiger charge is 2.12. The maximum atomic E-state index is 12.8. The molecule has 0 atom stereocenters. The number of benzene rings is 1. The molecule has 1 aromatic carbocycles. The summed E-state index contributed by atoms with van der Waals surface area (Å²) >= 11 is 0. The normalized spacial score (nSPS) is 12.1. The molecule has 1 aromatic heterocycles. The first-order valence-electron chi connectivity index (χ1n) is 4.17. The van der Waals surface area contributed by atoms with Crippen molar-refractivity contribution in [2.75, 3.05) is 6.26 Å². The molecule has 0 amide bonds. The van der Waals surface area contributed by atoms with Crippen molar-refractivity contribution in [3.8, 4) is 0 Å². The van der Waals surface area contributed by atoms with Crippen LogP contribution in [0.25, 0.3) is 11.0 Å². The molecule has 2 aromatic rings. The molecule has 79 valence electrons. The zero-order chi connectivity index (χ0) is 11.1. The van der Waals surface area contributed by atoms with Gasteiger partial charge in [-0.1, -0.05) is 0 Å². The highest BCUT2D eigenvalue weighted by Crippen LogP contribution is 2.24. The fourth-order valence-electron chi connectivity index (χ4n) is 1.34. The Kier molecular flexibility index (Phi) is 2.26. The van der Waals surface area contributed by atoms with Crippen LogP contribution in [0.15, 0.2) is 28.9 Å². The standard InChI is InChI=1S/C10H8FO3S/c1-15(12,13)6-7-5-14-10-4-8(11)2-3-9(7)10/h2-6H,1H3. The topological polar surface area (TPSA) is 47.3 Å². The molecule has 0 aliphatic heterocycles. The van der Waals surface area contributed by atoms with Crippen LogP contribution in [0.1, 0.15) is 5.56 Å². The highest BCUT2D eigenvalue weighted by molar-refractivity contribution is 7.92. The summed E-state index contributed by atoms with van der Waals surface area (Å²) in [5.74, 6) is 0.680. The van der Waals surface area contributed by atoms with E-state index in [9.17, 15) is 12.8 Å². The maximum absolute atomic E-state index is 12.8. The summed E-state index contributed by atoms with van der Waals surface area (Å²) in [6, 6.07) is 3.97. The number of hydrogen-bond donors (Lipinski definition) is 0. The van der Waals surface area contributed by atoms with Crippen LogP contribution in [0.5, 0.6) is 0 Å². The molecule has 2 rings (SSSR count). The second-order valence-corrected chi connectivity index (χ2v) is 5.17. The van der Waals surface area contributed by atoms with Gasteiger partial charge in [0.2, 0.25) is 0 Å². The molecule has 0 bridgehead atoms. The van der Waals surface area contributed by atoms with Crippen molar-refractivity contribution in [2.45, 2.75) is 0 Å². The van der Waals surface area contributed by atoms with Gasteiger partial charge < -0.3 is 4.42 Å². The second kappa shape index (κ2) is 3.34. The molecular weight excluding hydrogens is 219 g/mol. The van der Waals surface area contributed by atoms with Crippen molar-refractivity contribution < 1.29 is 17.2 Å². The lowest BCUT2D eigenvalue weighted by Gasteiger charge is -1.94. The second-order valence-electron chi connectivity index (χ2n) is 3.28. The predicted octanol–water partition coefficient (Wildman–Crippen LogP) is 2.13. The monoisotopic (exact) mass is 227 g/mol. The zero-order valence-corrected chi connectivity index (χ0v) is 8.71. The van der Waals surface area contributed by atoms with Gasteiger partial charge in [0.25, 0.3) is 0 Å². The lowest BCUT2D eigenvalue weighted by Crippen LogP contribution is -1.96. The smallest absolute Gasteiger partial charge is 0.156 e. The third-order valence-electron chi connectivity index (χ3n) is 1.91. The fourth-order valence-corrected chi connectivity index (χ4v) is 1.99. The number of rotatable bonds is 2.